The van der Waals surface area contributed by atoms with Gasteiger partial charge in [-0.25, -0.2) is 13.2 Å². The number of benzene rings is 3. The number of hydrogen-bond donors (Lipinski definition) is 2. The van der Waals surface area contributed by atoms with Crippen molar-refractivity contribution in [2.45, 2.75) is 32.5 Å². The first-order valence-corrected chi connectivity index (χ1v) is 14.8. The van der Waals surface area contributed by atoms with Crippen molar-refractivity contribution in [3.63, 3.8) is 0 Å². The zero-order chi connectivity index (χ0) is 32.2. The normalized spacial score (nSPS) is 14.6. The fourth-order valence-electron chi connectivity index (χ4n) is 5.72. The van der Waals surface area contributed by atoms with Gasteiger partial charge >= 0.3 is 0 Å². The van der Waals surface area contributed by atoms with Gasteiger partial charge in [0.2, 0.25) is 5.91 Å². The summed E-state index contributed by atoms with van der Waals surface area (Å²) in [5.41, 5.74) is 2.86. The second-order valence-corrected chi connectivity index (χ2v) is 11.4. The van der Waals surface area contributed by atoms with Crippen LogP contribution in [0.5, 0.6) is 11.5 Å². The molecule has 5 rings (SSSR count). The number of methoxy groups -OCH3 is 2. The van der Waals surface area contributed by atoms with Gasteiger partial charge in [0.25, 0.3) is 12.3 Å². The van der Waals surface area contributed by atoms with Crippen LogP contribution in [0.15, 0.2) is 60.7 Å². The summed E-state index contributed by atoms with van der Waals surface area (Å²) in [6, 6.07) is 17.3. The summed E-state index contributed by atoms with van der Waals surface area (Å²) in [7, 11) is 2.95. The van der Waals surface area contributed by atoms with Crippen LogP contribution in [-0.2, 0) is 4.79 Å². The number of piperazine rings is 1. The molecular weight excluding hydrogens is 585 g/mol. The van der Waals surface area contributed by atoms with Gasteiger partial charge in [-0.1, -0.05) is 18.2 Å². The van der Waals surface area contributed by atoms with Crippen molar-refractivity contribution in [2.75, 3.05) is 46.9 Å². The first kappa shape index (κ1) is 31.9. The number of nitrogens with one attached hydrogen (secondary N) is 2. The number of amides is 2. The molecule has 8 nitrogen and oxygen atoms in total. The van der Waals surface area contributed by atoms with Crippen molar-refractivity contribution in [3.05, 3.63) is 71.8 Å². The largest absolute Gasteiger partial charge is 0.493 e. The van der Waals surface area contributed by atoms with Gasteiger partial charge in [-0.3, -0.25) is 14.5 Å². The number of carbonyl (C=O) groups excluding carboxylic acids is 2. The number of aromatic nitrogens is 1. The van der Waals surface area contributed by atoms with Gasteiger partial charge in [0.1, 0.15) is 0 Å². The lowest BCUT2D eigenvalue weighted by molar-refractivity contribution is -0.123. The molecule has 2 amide bonds. The SMILES string of the molecule is COc1ccc(-c2[nH]c3ccc(-c4cccc(C(=O)N5CCN(CC(=O)NC(C)C)CC5)c4)cc3c2C(F)C(F)F)cc1OC. The number of carbonyl (C=O) groups is 2. The van der Waals surface area contributed by atoms with Crippen LogP contribution in [0.4, 0.5) is 13.2 Å². The summed E-state index contributed by atoms with van der Waals surface area (Å²) in [5.74, 6) is 0.664. The highest BCUT2D eigenvalue weighted by Gasteiger charge is 2.30. The maximum absolute atomic E-state index is 15.3. The van der Waals surface area contributed by atoms with E-state index >= 15 is 4.39 Å². The molecule has 0 saturated carbocycles. The number of halogens is 3. The number of alkyl halides is 3. The molecule has 4 aromatic rings. The number of aromatic amines is 1. The van der Waals surface area contributed by atoms with Gasteiger partial charge in [-0.2, -0.15) is 0 Å². The molecule has 2 heterocycles. The Hall–Kier alpha value is -4.51. The monoisotopic (exact) mass is 622 g/mol. The Bertz CT molecular complexity index is 1680. The van der Waals surface area contributed by atoms with Crippen molar-refractivity contribution in [1.82, 2.24) is 20.1 Å². The topological polar surface area (TPSA) is 86.9 Å². The molecule has 0 aliphatic carbocycles. The van der Waals surface area contributed by atoms with E-state index in [1.165, 1.54) is 14.2 Å². The average molecular weight is 623 g/mol. The lowest BCUT2D eigenvalue weighted by Gasteiger charge is -2.34. The summed E-state index contributed by atoms with van der Waals surface area (Å²) in [6.07, 6.45) is -5.78. The smallest absolute Gasteiger partial charge is 0.273 e. The summed E-state index contributed by atoms with van der Waals surface area (Å²) in [5, 5.41) is 3.20. The van der Waals surface area contributed by atoms with Crippen molar-refractivity contribution < 1.29 is 32.2 Å². The maximum atomic E-state index is 15.3. The summed E-state index contributed by atoms with van der Waals surface area (Å²) >= 11 is 0. The lowest BCUT2D eigenvalue weighted by atomic mass is 9.97. The molecule has 3 aromatic carbocycles. The van der Waals surface area contributed by atoms with Gasteiger partial charge in [0, 0.05) is 59.8 Å². The van der Waals surface area contributed by atoms with E-state index in [4.69, 9.17) is 9.47 Å². The van der Waals surface area contributed by atoms with E-state index in [1.807, 2.05) is 24.8 Å². The van der Waals surface area contributed by atoms with Gasteiger partial charge in [0.05, 0.1) is 26.5 Å². The van der Waals surface area contributed by atoms with Crippen LogP contribution in [0.2, 0.25) is 0 Å². The predicted octanol–water partition coefficient (Wildman–Crippen LogP) is 6.08. The first-order valence-electron chi connectivity index (χ1n) is 14.8. The summed E-state index contributed by atoms with van der Waals surface area (Å²) < 4.78 is 53.6. The number of hydrogen-bond acceptors (Lipinski definition) is 5. The van der Waals surface area contributed by atoms with Crippen molar-refractivity contribution in [1.29, 1.82) is 0 Å². The number of fused-ring (bicyclic) bond motifs is 1. The van der Waals surface area contributed by atoms with Crippen LogP contribution in [0.25, 0.3) is 33.3 Å². The highest BCUT2D eigenvalue weighted by molar-refractivity contribution is 5.97. The van der Waals surface area contributed by atoms with Crippen LogP contribution in [0.1, 0.15) is 35.9 Å². The third-order valence-corrected chi connectivity index (χ3v) is 7.93. The van der Waals surface area contributed by atoms with Crippen LogP contribution in [0.3, 0.4) is 0 Å². The molecule has 1 atom stereocenters. The molecule has 0 bridgehead atoms. The minimum atomic E-state index is -3.24. The molecule has 1 saturated heterocycles. The number of H-pyrrole nitrogens is 1. The summed E-state index contributed by atoms with van der Waals surface area (Å²) in [6.45, 7) is 6.26. The van der Waals surface area contributed by atoms with E-state index in [0.29, 0.717) is 77.4 Å². The number of nitrogens with zero attached hydrogens (tertiary/aromatic N) is 2. The Morgan fingerprint density at radius 2 is 1.56 bits per heavy atom. The van der Waals surface area contributed by atoms with E-state index < -0.39 is 12.6 Å². The molecule has 238 valence electrons. The zero-order valence-electron chi connectivity index (χ0n) is 25.7. The van der Waals surface area contributed by atoms with E-state index in [-0.39, 0.29) is 29.1 Å². The van der Waals surface area contributed by atoms with Gasteiger partial charge in [-0.05, 0) is 67.4 Å². The third kappa shape index (κ3) is 6.93. The Kier molecular flexibility index (Phi) is 9.67. The van der Waals surface area contributed by atoms with E-state index in [0.717, 1.165) is 0 Å². The highest BCUT2D eigenvalue weighted by atomic mass is 19.3. The molecule has 1 fully saturated rings. The molecular formula is C34H37F3N4O4. The Morgan fingerprint density at radius 1 is 0.867 bits per heavy atom. The Labute approximate surface area is 260 Å². The average Bonchev–Trinajstić information content (AvgIpc) is 3.42. The molecule has 1 aliphatic heterocycles. The van der Waals surface area contributed by atoms with Gasteiger partial charge in [-0.15, -0.1) is 0 Å². The molecule has 1 unspecified atom stereocenters. The fraction of sp³-hybridized carbons (Fsp3) is 0.353. The number of ether oxygens (including phenoxy) is 2. The Balaban J connectivity index is 1.42. The molecule has 1 aliphatic rings. The summed E-state index contributed by atoms with van der Waals surface area (Å²) in [4.78, 5) is 32.4. The molecule has 2 N–H and O–H groups in total. The lowest BCUT2D eigenvalue weighted by Crippen LogP contribution is -2.51. The quantitative estimate of drug-likeness (QED) is 0.224. The second-order valence-electron chi connectivity index (χ2n) is 11.4. The van der Waals surface area contributed by atoms with Crippen LogP contribution in [0, 0.1) is 0 Å². The van der Waals surface area contributed by atoms with Gasteiger partial charge in [0.15, 0.2) is 17.7 Å². The highest BCUT2D eigenvalue weighted by Crippen LogP contribution is 2.42. The molecule has 1 aromatic heterocycles. The van der Waals surface area contributed by atoms with E-state index in [1.54, 1.807) is 59.5 Å². The third-order valence-electron chi connectivity index (χ3n) is 7.93. The van der Waals surface area contributed by atoms with Crippen molar-refractivity contribution in [2.24, 2.45) is 0 Å². The van der Waals surface area contributed by atoms with Gasteiger partial charge < -0.3 is 24.7 Å². The number of rotatable bonds is 10. The minimum Gasteiger partial charge on any atom is -0.493 e. The Morgan fingerprint density at radius 3 is 2.22 bits per heavy atom. The van der Waals surface area contributed by atoms with E-state index in [9.17, 15) is 18.4 Å². The maximum Gasteiger partial charge on any atom is 0.273 e. The standard InChI is InChI=1S/C34H37F3N4O4/c1-20(2)38-29(42)19-40-12-14-41(15-13-40)34(43)24-7-5-6-21(16-24)22-8-10-26-25(17-22)30(31(35)33(36)37)32(39-26)23-9-11-27(44-3)28(18-23)45-4/h5-11,16-18,20,31,33,39H,12-15,19H2,1-4H3,(H,38,42). The zero-order valence-corrected chi connectivity index (χ0v) is 25.7. The van der Waals surface area contributed by atoms with Crippen LogP contribution < -0.4 is 14.8 Å². The second kappa shape index (κ2) is 13.6. The fourth-order valence-corrected chi connectivity index (χ4v) is 5.72. The molecule has 0 spiro atoms. The molecule has 45 heavy (non-hydrogen) atoms. The van der Waals surface area contributed by atoms with Crippen LogP contribution in [-0.4, -0.2) is 86.0 Å². The van der Waals surface area contributed by atoms with Crippen molar-refractivity contribution >= 4 is 22.7 Å². The minimum absolute atomic E-state index is 0.0384. The first-order chi connectivity index (χ1) is 21.6. The van der Waals surface area contributed by atoms with Crippen LogP contribution >= 0.6 is 0 Å². The van der Waals surface area contributed by atoms with E-state index in [2.05, 4.69) is 10.3 Å². The molecule has 11 heteroatoms. The predicted molar refractivity (Wildman–Crippen MR) is 168 cm³/mol. The molecule has 0 radical (unpaired) electrons. The van der Waals surface area contributed by atoms with Crippen molar-refractivity contribution in [3.8, 4) is 33.9 Å².